The molecule has 3 aliphatic heterocycles. The second kappa shape index (κ2) is 19.6. The molecule has 3 saturated heterocycles. The highest BCUT2D eigenvalue weighted by Gasteiger charge is 2.70. The Balaban J connectivity index is 1.11. The summed E-state index contributed by atoms with van der Waals surface area (Å²) in [5.41, 5.74) is 5.96. The maximum Gasteiger partial charge on any atom is 0.144 e. The first-order valence-electron chi connectivity index (χ1n) is 23.2. The first kappa shape index (κ1) is 45.0. The van der Waals surface area contributed by atoms with Gasteiger partial charge in [-0.25, -0.2) is 0 Å². The van der Waals surface area contributed by atoms with Gasteiger partial charge in [0.15, 0.2) is 0 Å². The van der Waals surface area contributed by atoms with E-state index in [0.29, 0.717) is 68.9 Å². The van der Waals surface area contributed by atoms with Gasteiger partial charge in [0.2, 0.25) is 0 Å². The van der Waals surface area contributed by atoms with Gasteiger partial charge in [-0.3, -0.25) is 5.73 Å². The summed E-state index contributed by atoms with van der Waals surface area (Å²) < 4.78 is 25.3. The number of carbonyl (C=O) groups is 1. The van der Waals surface area contributed by atoms with Crippen LogP contribution < -0.4 is 21.5 Å². The van der Waals surface area contributed by atoms with E-state index in [0.717, 1.165) is 77.2 Å². The van der Waals surface area contributed by atoms with E-state index in [1.807, 2.05) is 0 Å². The number of carboxylic acid groups (broad SMARTS) is 1. The van der Waals surface area contributed by atoms with E-state index in [-0.39, 0.29) is 66.7 Å². The number of methoxy groups -OCH3 is 1. The van der Waals surface area contributed by atoms with Crippen LogP contribution >= 0.6 is 0 Å². The number of hydrogen-bond acceptors (Lipinski definition) is 12. The Labute approximate surface area is 345 Å². The van der Waals surface area contributed by atoms with Crippen LogP contribution in [0.15, 0.2) is 0 Å². The number of ether oxygens (including phenoxy) is 4. The van der Waals surface area contributed by atoms with Crippen molar-refractivity contribution < 1.29 is 65.0 Å². The lowest BCUT2D eigenvalue weighted by molar-refractivity contribution is -0.756. The van der Waals surface area contributed by atoms with Crippen molar-refractivity contribution in [3.05, 3.63) is 0 Å². The number of aliphatic hydroxyl groups excluding tert-OH is 5. The Hall–Kier alpha value is -1.01. The highest BCUT2D eigenvalue weighted by Crippen LogP contribution is 2.70. The molecular formula is C44H78N3O11+. The minimum Gasteiger partial charge on any atom is -0.550 e. The molecule has 14 heteroatoms. The first-order chi connectivity index (χ1) is 27.9. The van der Waals surface area contributed by atoms with Gasteiger partial charge in [0.1, 0.15) is 25.1 Å². The molecule has 3 heterocycles. The highest BCUT2D eigenvalue weighted by atomic mass is 16.6. The van der Waals surface area contributed by atoms with E-state index < -0.39 is 48.7 Å². The predicted molar refractivity (Wildman–Crippen MR) is 210 cm³/mol. The van der Waals surface area contributed by atoms with E-state index in [1.54, 1.807) is 7.11 Å². The minimum absolute atomic E-state index is 0.0198. The smallest absolute Gasteiger partial charge is 0.144 e. The van der Waals surface area contributed by atoms with Crippen LogP contribution in [0.5, 0.6) is 0 Å². The molecule has 10 unspecified atom stereocenters. The average molecular weight is 825 g/mol. The number of carboxylic acids is 1. The van der Waals surface area contributed by atoms with Crippen molar-refractivity contribution in [3.63, 3.8) is 0 Å². The molecule has 11 N–H and O–H groups in total. The standard InChI is InChI=1S/C44H77N3O11/c1-25-21-43-13-3-4-29(43)7-9-32(27-11-14-46-39(45)19-27)44(43,22-40(52)53)38(47-25)23-56-37-18-28(17-36(55-2)41(37)54)42-31(12-15-48)34(51)20-30(58-42)8-5-26-6-10-33(50)35(16-26)57-24-49/h25-39,41-42,46-51,54H,3-24,45H2,1-2H3,(H,52,53)/p+1/t25-,26?,27?,28?,29+,30+,31+,32?,33?,34+,35?,36?,37?,38+,39?,41?,42+,43-,44-/m1/s1. The molecular weight excluding hydrogens is 746 g/mol. The molecule has 0 amide bonds. The number of nitrogens with two attached hydrogens (primary N) is 3. The van der Waals surface area contributed by atoms with Crippen LogP contribution in [0.1, 0.15) is 122 Å². The quantitative estimate of drug-likeness (QED) is 0.0954. The number of rotatable bonds is 15. The molecule has 0 aromatic rings. The number of piperidine rings is 2. The zero-order valence-electron chi connectivity index (χ0n) is 35.3. The molecule has 58 heavy (non-hydrogen) atoms. The fourth-order valence-corrected chi connectivity index (χ4v) is 14.9. The fraction of sp³-hybridized carbons (Fsp3) is 0.977. The van der Waals surface area contributed by atoms with Gasteiger partial charge in [0.25, 0.3) is 0 Å². The maximum atomic E-state index is 13.1. The lowest BCUT2D eigenvalue weighted by atomic mass is 9.40. The van der Waals surface area contributed by atoms with Gasteiger partial charge in [-0.1, -0.05) is 6.42 Å². The number of aliphatic carboxylic acids is 1. The van der Waals surface area contributed by atoms with E-state index in [4.69, 9.17) is 24.7 Å². The average Bonchev–Trinajstić information content (AvgIpc) is 3.61. The van der Waals surface area contributed by atoms with E-state index >= 15 is 0 Å². The molecule has 4 aliphatic carbocycles. The van der Waals surface area contributed by atoms with Gasteiger partial charge in [0, 0.05) is 43.9 Å². The SMILES string of the molecule is COC1CC([C@@H]2O[C@@H](CCC3CCC(O)C(OCO)C3)C[C@H](O)[C@@H]2CCO)CC(OC[C@@H]2[NH2+][C@H](C)C[C@]34CCC[C@H]3CCC(C3CC[NH2+]C(N)C3)[C@]24CC(=O)[O-])C1O. The third-order valence-corrected chi connectivity index (χ3v) is 17.2. The van der Waals surface area contributed by atoms with Crippen molar-refractivity contribution in [1.29, 1.82) is 0 Å². The van der Waals surface area contributed by atoms with Crippen LogP contribution in [0.4, 0.5) is 0 Å². The van der Waals surface area contributed by atoms with Gasteiger partial charge in [-0.15, -0.1) is 0 Å². The van der Waals surface area contributed by atoms with Gasteiger partial charge in [-0.2, -0.15) is 0 Å². The van der Waals surface area contributed by atoms with E-state index in [9.17, 15) is 35.4 Å². The molecule has 7 rings (SSSR count). The van der Waals surface area contributed by atoms with Crippen molar-refractivity contribution >= 4 is 5.97 Å². The monoisotopic (exact) mass is 825 g/mol. The van der Waals surface area contributed by atoms with E-state index in [2.05, 4.69) is 17.6 Å². The highest BCUT2D eigenvalue weighted by molar-refractivity contribution is 5.66. The number of aliphatic hydroxyl groups is 5. The number of carbonyl (C=O) groups excluding carboxylic acids is 1. The molecule has 1 spiro atoms. The van der Waals surface area contributed by atoms with Crippen LogP contribution in [0.25, 0.3) is 0 Å². The van der Waals surface area contributed by atoms with Gasteiger partial charge in [-0.05, 0) is 138 Å². The number of hydrogen-bond donors (Lipinski definition) is 8. The largest absolute Gasteiger partial charge is 0.550 e. The summed E-state index contributed by atoms with van der Waals surface area (Å²) in [7, 11) is 1.61. The molecule has 14 nitrogen and oxygen atoms in total. The zero-order valence-corrected chi connectivity index (χ0v) is 35.3. The third kappa shape index (κ3) is 9.06. The lowest BCUT2D eigenvalue weighted by Gasteiger charge is -2.66. The molecule has 0 bridgehead atoms. The van der Waals surface area contributed by atoms with Crippen LogP contribution in [0, 0.1) is 46.3 Å². The summed E-state index contributed by atoms with van der Waals surface area (Å²) in [4.78, 5) is 13.1. The normalized spacial score (nSPS) is 48.6. The molecule has 7 aliphatic rings. The third-order valence-electron chi connectivity index (χ3n) is 17.2. The summed E-state index contributed by atoms with van der Waals surface area (Å²) in [5, 5.41) is 70.9. The second-order valence-electron chi connectivity index (χ2n) is 20.2. The Morgan fingerprint density at radius 3 is 2.45 bits per heavy atom. The fourth-order valence-electron chi connectivity index (χ4n) is 14.9. The second-order valence-corrected chi connectivity index (χ2v) is 20.2. The van der Waals surface area contributed by atoms with Crippen molar-refractivity contribution in [2.45, 2.75) is 190 Å². The number of quaternary nitrogens is 2. The Bertz CT molecular complexity index is 1330. The summed E-state index contributed by atoms with van der Waals surface area (Å²) in [5.74, 6) is -0.0377. The van der Waals surface area contributed by atoms with Crippen molar-refractivity contribution in [1.82, 2.24) is 0 Å². The van der Waals surface area contributed by atoms with Crippen LogP contribution in [0.2, 0.25) is 0 Å². The lowest BCUT2D eigenvalue weighted by Crippen LogP contribution is -3.03. The Kier molecular flexibility index (Phi) is 15.2. The molecule has 4 saturated carbocycles. The van der Waals surface area contributed by atoms with Gasteiger partial charge in [0.05, 0.1) is 61.9 Å². The minimum atomic E-state index is -0.981. The summed E-state index contributed by atoms with van der Waals surface area (Å²) in [6.07, 6.45) is 9.83. The van der Waals surface area contributed by atoms with E-state index in [1.165, 1.54) is 0 Å². The molecule has 334 valence electrons. The van der Waals surface area contributed by atoms with Crippen molar-refractivity contribution in [2.75, 3.05) is 33.7 Å². The summed E-state index contributed by atoms with van der Waals surface area (Å²) in [6.45, 7) is 3.06. The Morgan fingerprint density at radius 2 is 1.71 bits per heavy atom. The molecule has 0 aromatic carbocycles. The molecule has 7 fully saturated rings. The van der Waals surface area contributed by atoms with Gasteiger partial charge >= 0.3 is 0 Å². The van der Waals surface area contributed by atoms with Crippen molar-refractivity contribution in [2.24, 2.45) is 52.1 Å². The molecule has 0 aromatic heterocycles. The van der Waals surface area contributed by atoms with Crippen LogP contribution in [-0.2, 0) is 23.7 Å². The summed E-state index contributed by atoms with van der Waals surface area (Å²) >= 11 is 0. The van der Waals surface area contributed by atoms with Crippen molar-refractivity contribution in [3.8, 4) is 0 Å². The van der Waals surface area contributed by atoms with Crippen LogP contribution in [0.3, 0.4) is 0 Å². The Morgan fingerprint density at radius 1 is 0.897 bits per heavy atom. The summed E-state index contributed by atoms with van der Waals surface area (Å²) in [6, 6.07) is 0.180. The zero-order chi connectivity index (χ0) is 41.2. The van der Waals surface area contributed by atoms with Crippen LogP contribution in [-0.4, -0.2) is 132 Å². The maximum absolute atomic E-state index is 13.1. The topological polar surface area (TPSA) is 237 Å². The van der Waals surface area contributed by atoms with Gasteiger partial charge < -0.3 is 65.0 Å². The molecule has 0 radical (unpaired) electrons. The molecule has 19 atom stereocenters. The first-order valence-corrected chi connectivity index (χ1v) is 23.2. The predicted octanol–water partition coefficient (Wildman–Crippen LogP) is -0.744.